The maximum absolute atomic E-state index is 11.4. The quantitative estimate of drug-likeness (QED) is 0.220. The molecular formula is C30H33N3O9. The molecule has 6 N–H and O–H groups in total. The van der Waals surface area contributed by atoms with Gasteiger partial charge in [0.05, 0.1) is 0 Å². The van der Waals surface area contributed by atoms with Crippen LogP contribution in [0, 0.1) is 13.8 Å². The number of hydrogen-bond acceptors (Lipinski definition) is 6. The van der Waals surface area contributed by atoms with Gasteiger partial charge in [0.25, 0.3) is 17.7 Å². The van der Waals surface area contributed by atoms with Crippen molar-refractivity contribution in [1.82, 2.24) is 16.0 Å². The number of carboxylic acid groups (broad SMARTS) is 3. The molecule has 0 spiro atoms. The molecule has 0 aliphatic rings. The van der Waals surface area contributed by atoms with Crippen LogP contribution in [0.15, 0.2) is 78.9 Å². The third-order valence-corrected chi connectivity index (χ3v) is 5.22. The first kappa shape index (κ1) is 34.5. The van der Waals surface area contributed by atoms with Crippen molar-refractivity contribution in [2.24, 2.45) is 0 Å². The molecule has 0 radical (unpaired) electrons. The van der Waals surface area contributed by atoms with Gasteiger partial charge in [-0.15, -0.1) is 0 Å². The molecule has 3 rings (SSSR count). The van der Waals surface area contributed by atoms with Crippen LogP contribution in [0.1, 0.15) is 49.1 Å². The minimum Gasteiger partial charge on any atom is -0.480 e. The first-order valence-electron chi connectivity index (χ1n) is 12.5. The number of amides is 3. The Kier molecular flexibility index (Phi) is 14.7. The van der Waals surface area contributed by atoms with Crippen molar-refractivity contribution in [3.05, 3.63) is 107 Å². The Labute approximate surface area is 242 Å². The van der Waals surface area contributed by atoms with Crippen LogP contribution in [-0.4, -0.2) is 70.1 Å². The number of carboxylic acids is 3. The Hall–Kier alpha value is -5.52. The van der Waals surface area contributed by atoms with Crippen molar-refractivity contribution in [3.63, 3.8) is 0 Å². The van der Waals surface area contributed by atoms with Gasteiger partial charge in [0.2, 0.25) is 0 Å². The van der Waals surface area contributed by atoms with Gasteiger partial charge in [-0.3, -0.25) is 28.8 Å². The molecular weight excluding hydrogens is 546 g/mol. The van der Waals surface area contributed by atoms with Gasteiger partial charge in [0, 0.05) is 16.7 Å². The first-order chi connectivity index (χ1) is 19.8. The van der Waals surface area contributed by atoms with Crippen LogP contribution in [0.25, 0.3) is 0 Å². The second-order valence-corrected chi connectivity index (χ2v) is 8.74. The van der Waals surface area contributed by atoms with Crippen molar-refractivity contribution in [2.75, 3.05) is 13.1 Å². The van der Waals surface area contributed by atoms with E-state index in [2.05, 4.69) is 16.0 Å². The highest BCUT2D eigenvalue weighted by molar-refractivity contribution is 5.97. The molecule has 3 amide bonds. The largest absolute Gasteiger partial charge is 0.480 e. The van der Waals surface area contributed by atoms with E-state index in [4.69, 9.17) is 15.3 Å². The molecule has 0 bridgehead atoms. The van der Waals surface area contributed by atoms with Gasteiger partial charge < -0.3 is 31.3 Å². The lowest BCUT2D eigenvalue weighted by atomic mass is 10.1. The third-order valence-electron chi connectivity index (χ3n) is 5.22. The van der Waals surface area contributed by atoms with E-state index in [1.54, 1.807) is 73.7 Å². The molecule has 42 heavy (non-hydrogen) atoms. The summed E-state index contributed by atoms with van der Waals surface area (Å²) in [7, 11) is 0. The molecule has 0 fully saturated rings. The predicted octanol–water partition coefficient (Wildman–Crippen LogP) is 2.51. The van der Waals surface area contributed by atoms with Crippen LogP contribution < -0.4 is 16.0 Å². The maximum Gasteiger partial charge on any atom is 0.325 e. The molecule has 12 nitrogen and oxygen atoms in total. The van der Waals surface area contributed by atoms with Crippen LogP contribution in [0.5, 0.6) is 0 Å². The molecule has 0 aliphatic heterocycles. The van der Waals surface area contributed by atoms with Gasteiger partial charge in [0.15, 0.2) is 0 Å². The van der Waals surface area contributed by atoms with E-state index in [0.29, 0.717) is 16.7 Å². The average Bonchev–Trinajstić information content (AvgIpc) is 2.96. The predicted molar refractivity (Wildman–Crippen MR) is 153 cm³/mol. The number of hydrogen-bond donors (Lipinski definition) is 6. The van der Waals surface area contributed by atoms with Gasteiger partial charge in [-0.25, -0.2) is 0 Å². The summed E-state index contributed by atoms with van der Waals surface area (Å²) in [6, 6.07) is 21.6. The Morgan fingerprint density at radius 3 is 1.69 bits per heavy atom. The highest BCUT2D eigenvalue weighted by Gasteiger charge is 2.14. The van der Waals surface area contributed by atoms with Crippen molar-refractivity contribution in [2.45, 2.75) is 26.8 Å². The van der Waals surface area contributed by atoms with E-state index < -0.39 is 23.9 Å². The Balaban J connectivity index is 0.000000315. The monoisotopic (exact) mass is 579 g/mol. The molecule has 3 aromatic rings. The number of nitrogens with one attached hydrogen (secondary N) is 3. The molecule has 3 aromatic carbocycles. The van der Waals surface area contributed by atoms with E-state index in [0.717, 1.165) is 11.1 Å². The lowest BCUT2D eigenvalue weighted by Gasteiger charge is -2.08. The summed E-state index contributed by atoms with van der Waals surface area (Å²) < 4.78 is 0. The highest BCUT2D eigenvalue weighted by Crippen LogP contribution is 2.06. The van der Waals surface area contributed by atoms with Gasteiger partial charge in [-0.2, -0.15) is 0 Å². The zero-order valence-electron chi connectivity index (χ0n) is 23.3. The molecule has 0 saturated heterocycles. The minimum atomic E-state index is -1.05. The van der Waals surface area contributed by atoms with E-state index in [9.17, 15) is 28.8 Å². The number of rotatable bonds is 9. The second-order valence-electron chi connectivity index (χ2n) is 8.74. The van der Waals surface area contributed by atoms with Gasteiger partial charge >= 0.3 is 17.9 Å². The number of carbonyl (C=O) groups is 6. The smallest absolute Gasteiger partial charge is 0.325 e. The fourth-order valence-electron chi connectivity index (χ4n) is 3.05. The maximum atomic E-state index is 11.4. The van der Waals surface area contributed by atoms with Gasteiger partial charge in [-0.1, -0.05) is 54.1 Å². The molecule has 0 aromatic heterocycles. The van der Waals surface area contributed by atoms with E-state index in [-0.39, 0.29) is 30.8 Å². The van der Waals surface area contributed by atoms with E-state index in [1.165, 1.54) is 6.92 Å². The number of benzene rings is 3. The normalized spacial score (nSPS) is 10.3. The lowest BCUT2D eigenvalue weighted by molar-refractivity contribution is -0.139. The fraction of sp³-hybridized carbons (Fsp3) is 0.200. The minimum absolute atomic E-state index is 0.354. The second kappa shape index (κ2) is 17.9. The molecule has 1 atom stereocenters. The van der Waals surface area contributed by atoms with E-state index in [1.807, 2.05) is 19.1 Å². The fourth-order valence-corrected chi connectivity index (χ4v) is 3.05. The number of aliphatic carboxylic acids is 3. The van der Waals surface area contributed by atoms with Crippen LogP contribution in [0.4, 0.5) is 0 Å². The van der Waals surface area contributed by atoms with Crippen LogP contribution in [0.2, 0.25) is 0 Å². The zero-order valence-corrected chi connectivity index (χ0v) is 23.3. The topological polar surface area (TPSA) is 199 Å². The van der Waals surface area contributed by atoms with Gasteiger partial charge in [-0.05, 0) is 56.7 Å². The Morgan fingerprint density at radius 1 is 0.643 bits per heavy atom. The summed E-state index contributed by atoms with van der Waals surface area (Å²) in [6.45, 7) is 4.38. The first-order valence-corrected chi connectivity index (χ1v) is 12.5. The van der Waals surface area contributed by atoms with Crippen molar-refractivity contribution < 1.29 is 44.1 Å². The molecule has 0 heterocycles. The van der Waals surface area contributed by atoms with Crippen molar-refractivity contribution >= 4 is 35.6 Å². The lowest BCUT2D eigenvalue weighted by Crippen LogP contribution is -2.38. The molecule has 222 valence electrons. The molecule has 0 aliphatic carbocycles. The van der Waals surface area contributed by atoms with Crippen LogP contribution in [0.3, 0.4) is 0 Å². The van der Waals surface area contributed by atoms with Crippen molar-refractivity contribution in [1.29, 1.82) is 0 Å². The Bertz CT molecular complexity index is 1390. The summed E-state index contributed by atoms with van der Waals surface area (Å²) in [6.07, 6.45) is 0. The van der Waals surface area contributed by atoms with E-state index >= 15 is 0 Å². The molecule has 12 heteroatoms. The third kappa shape index (κ3) is 13.5. The zero-order chi connectivity index (χ0) is 31.7. The highest BCUT2D eigenvalue weighted by atomic mass is 16.4. The summed E-state index contributed by atoms with van der Waals surface area (Å²) in [5.41, 5.74) is 3.24. The summed E-state index contributed by atoms with van der Waals surface area (Å²) in [4.78, 5) is 65.0. The van der Waals surface area contributed by atoms with Crippen LogP contribution >= 0.6 is 0 Å². The molecule has 1 unspecified atom stereocenters. The average molecular weight is 580 g/mol. The van der Waals surface area contributed by atoms with Crippen molar-refractivity contribution in [3.8, 4) is 0 Å². The number of aryl methyl sites for hydroxylation is 2. The molecule has 0 saturated carbocycles. The number of carbonyl (C=O) groups excluding carboxylic acids is 3. The summed E-state index contributed by atoms with van der Waals surface area (Å²) in [5, 5.41) is 32.2. The summed E-state index contributed by atoms with van der Waals surface area (Å²) in [5.74, 6) is -4.24. The van der Waals surface area contributed by atoms with Gasteiger partial charge in [0.1, 0.15) is 19.1 Å². The van der Waals surface area contributed by atoms with Crippen LogP contribution in [-0.2, 0) is 14.4 Å². The Morgan fingerprint density at radius 2 is 1.17 bits per heavy atom. The summed E-state index contributed by atoms with van der Waals surface area (Å²) >= 11 is 0. The standard InChI is InChI=1S/3C10H11NO3/c1-7-3-2-4-8(5-7)10(14)11-6-9(12)13;1-7-4-2-3-5-8(7)10(14)11-6-9(12)13;1-7(10(13)14)11-9(12)8-5-3-2-4-6-8/h2*2-5H,6H2,1H3,(H,11,14)(H,12,13);2-7H,1H3,(H,11,12)(H,13,14). The SMILES string of the molecule is CC(NC(=O)c1ccccc1)C(=O)O.Cc1cccc(C(=O)NCC(=O)O)c1.Cc1ccccc1C(=O)NCC(=O)O.